The minimum atomic E-state index is -3.20. The van der Waals surface area contributed by atoms with E-state index in [2.05, 4.69) is 43.4 Å². The van der Waals surface area contributed by atoms with Crippen molar-refractivity contribution in [1.82, 2.24) is 5.32 Å². The number of carbonyl (C=O) groups excluding carboxylic acids is 1. The molecule has 140 valence electrons. The summed E-state index contributed by atoms with van der Waals surface area (Å²) in [5.74, 6) is 0.486. The maximum absolute atomic E-state index is 12.2. The lowest BCUT2D eigenvalue weighted by Gasteiger charge is -2.15. The Morgan fingerprint density at radius 1 is 0.923 bits per heavy atom. The van der Waals surface area contributed by atoms with Crippen LogP contribution in [0.1, 0.15) is 55.8 Å². The highest BCUT2D eigenvalue weighted by atomic mass is 32.2. The third-order valence-electron chi connectivity index (χ3n) is 4.47. The molecule has 1 N–H and O–H groups in total. The molecule has 0 aliphatic carbocycles. The van der Waals surface area contributed by atoms with Crippen molar-refractivity contribution in [3.05, 3.63) is 65.2 Å². The van der Waals surface area contributed by atoms with Crippen LogP contribution in [0.4, 0.5) is 0 Å². The molecule has 0 aliphatic heterocycles. The summed E-state index contributed by atoms with van der Waals surface area (Å²) in [5, 5.41) is 2.97. The lowest BCUT2D eigenvalue weighted by Crippen LogP contribution is -2.26. The molecular weight excluding hydrogens is 346 g/mol. The van der Waals surface area contributed by atoms with Crippen LogP contribution in [0.15, 0.2) is 53.4 Å². The van der Waals surface area contributed by atoms with Gasteiger partial charge in [-0.3, -0.25) is 4.79 Å². The van der Waals surface area contributed by atoms with Crippen molar-refractivity contribution < 1.29 is 13.2 Å². The predicted molar refractivity (Wildman–Crippen MR) is 105 cm³/mol. The van der Waals surface area contributed by atoms with Gasteiger partial charge in [-0.05, 0) is 48.1 Å². The lowest BCUT2D eigenvalue weighted by atomic mass is 10.00. The fourth-order valence-corrected chi connectivity index (χ4v) is 3.36. The molecule has 1 amide bonds. The summed E-state index contributed by atoms with van der Waals surface area (Å²) in [6.07, 6.45) is 2.30. The summed E-state index contributed by atoms with van der Waals surface area (Å²) in [6, 6.07) is 14.9. The standard InChI is InChI=1S/C21H27NO3S/c1-15(2)18-8-5-17(6-9-18)7-14-21(23)22-16(3)19-10-12-20(13-11-19)26(4,24)25/h5-6,8-13,15-16H,7,14H2,1-4H3,(H,22,23). The van der Waals surface area contributed by atoms with E-state index in [1.54, 1.807) is 24.3 Å². The molecule has 0 saturated heterocycles. The summed E-state index contributed by atoms with van der Waals surface area (Å²) < 4.78 is 23.0. The van der Waals surface area contributed by atoms with Gasteiger partial charge in [-0.25, -0.2) is 8.42 Å². The highest BCUT2D eigenvalue weighted by Crippen LogP contribution is 2.17. The smallest absolute Gasteiger partial charge is 0.220 e. The van der Waals surface area contributed by atoms with Crippen LogP contribution < -0.4 is 5.32 Å². The zero-order valence-corrected chi connectivity index (χ0v) is 16.6. The average Bonchev–Trinajstić information content (AvgIpc) is 2.59. The van der Waals surface area contributed by atoms with Gasteiger partial charge in [0.2, 0.25) is 5.91 Å². The quantitative estimate of drug-likeness (QED) is 0.797. The summed E-state index contributed by atoms with van der Waals surface area (Å²) >= 11 is 0. The van der Waals surface area contributed by atoms with Crippen molar-refractivity contribution in [2.45, 2.75) is 50.5 Å². The molecule has 1 unspecified atom stereocenters. The van der Waals surface area contributed by atoms with E-state index in [4.69, 9.17) is 0 Å². The Hall–Kier alpha value is -2.14. The predicted octanol–water partition coefficient (Wildman–Crippen LogP) is 4.02. The zero-order chi connectivity index (χ0) is 19.3. The van der Waals surface area contributed by atoms with E-state index >= 15 is 0 Å². The molecule has 0 bridgehead atoms. The van der Waals surface area contributed by atoms with Crippen LogP contribution in [0.3, 0.4) is 0 Å². The Morgan fingerprint density at radius 2 is 1.46 bits per heavy atom. The fourth-order valence-electron chi connectivity index (χ4n) is 2.73. The molecule has 5 heteroatoms. The van der Waals surface area contributed by atoms with Crippen LogP contribution in [0, 0.1) is 0 Å². The topological polar surface area (TPSA) is 63.2 Å². The second kappa shape index (κ2) is 8.49. The second-order valence-electron chi connectivity index (χ2n) is 7.03. The number of aryl methyl sites for hydroxylation is 1. The Bertz CT molecular complexity index is 838. The molecule has 4 nitrogen and oxygen atoms in total. The number of sulfone groups is 1. The second-order valence-corrected chi connectivity index (χ2v) is 9.04. The van der Waals surface area contributed by atoms with Gasteiger partial charge in [-0.15, -0.1) is 0 Å². The minimum absolute atomic E-state index is 0.0161. The molecule has 0 spiro atoms. The van der Waals surface area contributed by atoms with Gasteiger partial charge in [0.1, 0.15) is 0 Å². The van der Waals surface area contributed by atoms with Crippen LogP contribution in [-0.2, 0) is 21.1 Å². The largest absolute Gasteiger partial charge is 0.350 e. The minimum Gasteiger partial charge on any atom is -0.350 e. The van der Waals surface area contributed by atoms with Gasteiger partial charge >= 0.3 is 0 Å². The highest BCUT2D eigenvalue weighted by molar-refractivity contribution is 7.90. The van der Waals surface area contributed by atoms with Gasteiger partial charge in [0.05, 0.1) is 10.9 Å². The number of hydrogen-bond acceptors (Lipinski definition) is 3. The Balaban J connectivity index is 1.88. The third-order valence-corrected chi connectivity index (χ3v) is 5.60. The van der Waals surface area contributed by atoms with Crippen LogP contribution in [0.25, 0.3) is 0 Å². The summed E-state index contributed by atoms with van der Waals surface area (Å²) in [7, 11) is -3.20. The summed E-state index contributed by atoms with van der Waals surface area (Å²) in [6.45, 7) is 6.21. The maximum Gasteiger partial charge on any atom is 0.220 e. The first-order valence-electron chi connectivity index (χ1n) is 8.85. The van der Waals surface area contributed by atoms with Gasteiger partial charge < -0.3 is 5.32 Å². The Kier molecular flexibility index (Phi) is 6.59. The number of carbonyl (C=O) groups is 1. The van der Waals surface area contributed by atoms with E-state index < -0.39 is 9.84 Å². The molecule has 26 heavy (non-hydrogen) atoms. The molecule has 1 atom stereocenters. The van der Waals surface area contributed by atoms with Gasteiger partial charge in [0.15, 0.2) is 9.84 Å². The number of amides is 1. The van der Waals surface area contributed by atoms with Crippen molar-refractivity contribution in [2.75, 3.05) is 6.26 Å². The first-order valence-corrected chi connectivity index (χ1v) is 10.7. The first kappa shape index (κ1) is 20.2. The first-order chi connectivity index (χ1) is 12.2. The molecule has 2 aromatic rings. The van der Waals surface area contributed by atoms with E-state index in [0.29, 0.717) is 18.8 Å². The average molecular weight is 374 g/mol. The van der Waals surface area contributed by atoms with Gasteiger partial charge in [0, 0.05) is 12.7 Å². The van der Waals surface area contributed by atoms with Crippen molar-refractivity contribution in [1.29, 1.82) is 0 Å². The maximum atomic E-state index is 12.2. The number of benzene rings is 2. The Labute approximate surface area is 156 Å². The number of hydrogen-bond donors (Lipinski definition) is 1. The van der Waals surface area contributed by atoms with E-state index in [-0.39, 0.29) is 16.8 Å². The molecule has 0 fully saturated rings. The van der Waals surface area contributed by atoms with Crippen LogP contribution >= 0.6 is 0 Å². The lowest BCUT2D eigenvalue weighted by molar-refractivity contribution is -0.121. The summed E-state index contributed by atoms with van der Waals surface area (Å²) in [5.41, 5.74) is 3.33. The summed E-state index contributed by atoms with van der Waals surface area (Å²) in [4.78, 5) is 12.5. The van der Waals surface area contributed by atoms with Crippen LogP contribution in [0.2, 0.25) is 0 Å². The van der Waals surface area contributed by atoms with Crippen molar-refractivity contribution in [2.24, 2.45) is 0 Å². The van der Waals surface area contributed by atoms with E-state index in [1.807, 2.05) is 6.92 Å². The highest BCUT2D eigenvalue weighted by Gasteiger charge is 2.12. The van der Waals surface area contributed by atoms with Gasteiger partial charge in [-0.1, -0.05) is 50.2 Å². The van der Waals surface area contributed by atoms with Crippen LogP contribution in [-0.4, -0.2) is 20.6 Å². The van der Waals surface area contributed by atoms with Crippen molar-refractivity contribution in [3.63, 3.8) is 0 Å². The van der Waals surface area contributed by atoms with Gasteiger partial charge in [0.25, 0.3) is 0 Å². The fraction of sp³-hybridized carbons (Fsp3) is 0.381. The monoisotopic (exact) mass is 373 g/mol. The molecule has 0 aliphatic rings. The van der Waals surface area contributed by atoms with Crippen molar-refractivity contribution in [3.8, 4) is 0 Å². The molecule has 2 rings (SSSR count). The molecule has 0 heterocycles. The molecule has 0 saturated carbocycles. The number of nitrogens with one attached hydrogen (secondary N) is 1. The van der Waals surface area contributed by atoms with Crippen LogP contribution in [0.5, 0.6) is 0 Å². The van der Waals surface area contributed by atoms with Gasteiger partial charge in [-0.2, -0.15) is 0 Å². The SMILES string of the molecule is CC(C)c1ccc(CCC(=O)NC(C)c2ccc(S(C)(=O)=O)cc2)cc1. The van der Waals surface area contributed by atoms with E-state index in [1.165, 1.54) is 11.8 Å². The molecule has 0 aromatic heterocycles. The van der Waals surface area contributed by atoms with E-state index in [9.17, 15) is 13.2 Å². The molecular formula is C21H27NO3S. The molecule has 0 radical (unpaired) electrons. The van der Waals surface area contributed by atoms with Crippen molar-refractivity contribution >= 4 is 15.7 Å². The number of rotatable bonds is 7. The van der Waals surface area contributed by atoms with E-state index in [0.717, 1.165) is 11.1 Å². The Morgan fingerprint density at radius 3 is 1.96 bits per heavy atom. The molecule has 2 aromatic carbocycles. The zero-order valence-electron chi connectivity index (χ0n) is 15.8. The normalized spacial score (nSPS) is 12.8. The third kappa shape index (κ3) is 5.70.